The number of piperidine rings is 1. The maximum absolute atomic E-state index is 12.6. The van der Waals surface area contributed by atoms with Crippen LogP contribution in [0.4, 0.5) is 0 Å². The van der Waals surface area contributed by atoms with Gasteiger partial charge in [0.15, 0.2) is 0 Å². The monoisotopic (exact) mass is 322 g/mol. The van der Waals surface area contributed by atoms with Gasteiger partial charge in [0.25, 0.3) is 0 Å². The SMILES string of the molecule is CCC(NC(=O)C1CCC(=O)N(C)C1c1cnn(C)c1)C(=O)O. The Morgan fingerprint density at radius 2 is 2.17 bits per heavy atom. The third kappa shape index (κ3) is 3.52. The first-order valence-corrected chi connectivity index (χ1v) is 7.62. The maximum Gasteiger partial charge on any atom is 0.326 e. The van der Waals surface area contributed by atoms with Crippen molar-refractivity contribution in [3.63, 3.8) is 0 Å². The summed E-state index contributed by atoms with van der Waals surface area (Å²) in [5.41, 5.74) is 0.770. The molecule has 0 saturated carbocycles. The van der Waals surface area contributed by atoms with E-state index in [4.69, 9.17) is 5.11 Å². The van der Waals surface area contributed by atoms with Crippen LogP contribution in [-0.2, 0) is 21.4 Å². The van der Waals surface area contributed by atoms with Gasteiger partial charge in [-0.3, -0.25) is 14.3 Å². The number of amides is 2. The van der Waals surface area contributed by atoms with Gasteiger partial charge in [0.2, 0.25) is 11.8 Å². The molecule has 0 aromatic carbocycles. The molecule has 0 aliphatic carbocycles. The van der Waals surface area contributed by atoms with Crippen molar-refractivity contribution in [2.45, 2.75) is 38.3 Å². The highest BCUT2D eigenvalue weighted by atomic mass is 16.4. The molecule has 1 saturated heterocycles. The van der Waals surface area contributed by atoms with Crippen LogP contribution >= 0.6 is 0 Å². The summed E-state index contributed by atoms with van der Waals surface area (Å²) >= 11 is 0. The number of carbonyl (C=O) groups is 3. The molecule has 1 aromatic rings. The second-order valence-electron chi connectivity index (χ2n) is 5.85. The molecule has 0 radical (unpaired) electrons. The van der Waals surface area contributed by atoms with Crippen LogP contribution in [0.25, 0.3) is 0 Å². The third-order valence-electron chi connectivity index (χ3n) is 4.29. The molecule has 23 heavy (non-hydrogen) atoms. The molecule has 1 aromatic heterocycles. The third-order valence-corrected chi connectivity index (χ3v) is 4.29. The summed E-state index contributed by atoms with van der Waals surface area (Å²) in [4.78, 5) is 37.3. The lowest BCUT2D eigenvalue weighted by Gasteiger charge is -2.38. The lowest BCUT2D eigenvalue weighted by Crippen LogP contribution is -2.49. The number of aliphatic carboxylic acids is 1. The summed E-state index contributed by atoms with van der Waals surface area (Å²) in [6.45, 7) is 1.70. The molecule has 2 rings (SSSR count). The molecular formula is C15H22N4O4. The van der Waals surface area contributed by atoms with Crippen molar-refractivity contribution in [2.75, 3.05) is 7.05 Å². The Hall–Kier alpha value is -2.38. The molecule has 2 N–H and O–H groups in total. The van der Waals surface area contributed by atoms with E-state index in [1.54, 1.807) is 43.0 Å². The van der Waals surface area contributed by atoms with E-state index in [1.807, 2.05) is 0 Å². The van der Waals surface area contributed by atoms with Crippen molar-refractivity contribution >= 4 is 17.8 Å². The minimum Gasteiger partial charge on any atom is -0.480 e. The first-order valence-electron chi connectivity index (χ1n) is 7.62. The van der Waals surface area contributed by atoms with Crippen molar-refractivity contribution in [1.29, 1.82) is 0 Å². The molecule has 3 atom stereocenters. The Morgan fingerprint density at radius 3 is 2.70 bits per heavy atom. The molecule has 0 spiro atoms. The Bertz CT molecular complexity index is 612. The van der Waals surface area contributed by atoms with Gasteiger partial charge in [-0.25, -0.2) is 4.79 Å². The number of nitrogens with one attached hydrogen (secondary N) is 1. The Balaban J connectivity index is 2.25. The fraction of sp³-hybridized carbons (Fsp3) is 0.600. The van der Waals surface area contributed by atoms with Gasteiger partial charge in [0.1, 0.15) is 6.04 Å². The normalized spacial score (nSPS) is 22.7. The average Bonchev–Trinajstić information content (AvgIpc) is 2.92. The van der Waals surface area contributed by atoms with E-state index >= 15 is 0 Å². The Kier molecular flexibility index (Phi) is 5.02. The number of carboxylic acids is 1. The first kappa shape index (κ1) is 17.0. The van der Waals surface area contributed by atoms with Gasteiger partial charge in [-0.2, -0.15) is 5.10 Å². The van der Waals surface area contributed by atoms with Crippen LogP contribution in [0.5, 0.6) is 0 Å². The molecule has 8 nitrogen and oxygen atoms in total. The minimum absolute atomic E-state index is 0.0341. The van der Waals surface area contributed by atoms with Crippen LogP contribution in [0, 0.1) is 5.92 Å². The van der Waals surface area contributed by atoms with Crippen LogP contribution in [0.1, 0.15) is 37.8 Å². The molecule has 8 heteroatoms. The van der Waals surface area contributed by atoms with Crippen molar-refractivity contribution < 1.29 is 19.5 Å². The van der Waals surface area contributed by atoms with Gasteiger partial charge >= 0.3 is 5.97 Å². The van der Waals surface area contributed by atoms with E-state index in [0.29, 0.717) is 12.8 Å². The zero-order chi connectivity index (χ0) is 17.1. The molecule has 1 aliphatic heterocycles. The number of carbonyl (C=O) groups excluding carboxylic acids is 2. The number of aromatic nitrogens is 2. The highest BCUT2D eigenvalue weighted by Crippen LogP contribution is 2.35. The second-order valence-corrected chi connectivity index (χ2v) is 5.85. The fourth-order valence-electron chi connectivity index (χ4n) is 2.98. The summed E-state index contributed by atoms with van der Waals surface area (Å²) in [6.07, 6.45) is 4.38. The van der Waals surface area contributed by atoms with E-state index in [2.05, 4.69) is 10.4 Å². The predicted octanol–water partition coefficient (Wildman–Crippen LogP) is 0.309. The van der Waals surface area contributed by atoms with Crippen molar-refractivity contribution in [2.24, 2.45) is 13.0 Å². The predicted molar refractivity (Wildman–Crippen MR) is 81.3 cm³/mol. The Labute approximate surface area is 134 Å². The highest BCUT2D eigenvalue weighted by Gasteiger charge is 2.40. The number of hydrogen-bond donors (Lipinski definition) is 2. The number of carboxylic acid groups (broad SMARTS) is 1. The smallest absolute Gasteiger partial charge is 0.326 e. The van der Waals surface area contributed by atoms with E-state index < -0.39 is 24.0 Å². The summed E-state index contributed by atoms with van der Waals surface area (Å²) in [6, 6.07) is -1.35. The van der Waals surface area contributed by atoms with Crippen LogP contribution in [-0.4, -0.2) is 50.7 Å². The summed E-state index contributed by atoms with van der Waals surface area (Å²) in [5, 5.41) is 15.8. The van der Waals surface area contributed by atoms with Gasteiger partial charge < -0.3 is 15.3 Å². The van der Waals surface area contributed by atoms with Crippen LogP contribution < -0.4 is 5.32 Å². The highest BCUT2D eigenvalue weighted by molar-refractivity contribution is 5.88. The van der Waals surface area contributed by atoms with Crippen LogP contribution in [0.2, 0.25) is 0 Å². The topological polar surface area (TPSA) is 105 Å². The molecule has 2 amide bonds. The average molecular weight is 322 g/mol. The van der Waals surface area contributed by atoms with E-state index in [-0.39, 0.29) is 18.2 Å². The van der Waals surface area contributed by atoms with E-state index in [9.17, 15) is 14.4 Å². The quantitative estimate of drug-likeness (QED) is 0.812. The number of nitrogens with zero attached hydrogens (tertiary/aromatic N) is 3. The van der Waals surface area contributed by atoms with Crippen molar-refractivity contribution in [1.82, 2.24) is 20.0 Å². The van der Waals surface area contributed by atoms with E-state index in [1.165, 1.54) is 0 Å². The van der Waals surface area contributed by atoms with Gasteiger partial charge in [0.05, 0.1) is 18.2 Å². The molecule has 1 fully saturated rings. The lowest BCUT2D eigenvalue weighted by molar-refractivity contribution is -0.146. The summed E-state index contributed by atoms with van der Waals surface area (Å²) < 4.78 is 1.61. The number of aryl methyl sites for hydroxylation is 1. The number of rotatable bonds is 5. The second kappa shape index (κ2) is 6.80. The molecule has 1 aliphatic rings. The Morgan fingerprint density at radius 1 is 1.48 bits per heavy atom. The fourth-order valence-corrected chi connectivity index (χ4v) is 2.98. The molecule has 0 bridgehead atoms. The molecular weight excluding hydrogens is 300 g/mol. The molecule has 126 valence electrons. The maximum atomic E-state index is 12.6. The zero-order valence-corrected chi connectivity index (χ0v) is 13.5. The molecule has 2 heterocycles. The summed E-state index contributed by atoms with van der Waals surface area (Å²) in [5.74, 6) is -1.92. The van der Waals surface area contributed by atoms with Gasteiger partial charge in [-0.15, -0.1) is 0 Å². The largest absolute Gasteiger partial charge is 0.480 e. The van der Waals surface area contributed by atoms with E-state index in [0.717, 1.165) is 5.56 Å². The lowest BCUT2D eigenvalue weighted by atomic mass is 9.85. The van der Waals surface area contributed by atoms with Crippen LogP contribution in [0.15, 0.2) is 12.4 Å². The van der Waals surface area contributed by atoms with Crippen LogP contribution in [0.3, 0.4) is 0 Å². The van der Waals surface area contributed by atoms with Gasteiger partial charge in [-0.05, 0) is 12.8 Å². The molecule has 3 unspecified atom stereocenters. The first-order chi connectivity index (χ1) is 10.8. The zero-order valence-electron chi connectivity index (χ0n) is 13.5. The number of likely N-dealkylation sites (tertiary alicyclic amines) is 1. The standard InChI is InChI=1S/C15H22N4O4/c1-4-11(15(22)23)17-14(21)10-5-6-12(20)19(3)13(10)9-7-16-18(2)8-9/h7-8,10-11,13H,4-6H2,1-3H3,(H,17,21)(H,22,23). The summed E-state index contributed by atoms with van der Waals surface area (Å²) in [7, 11) is 3.43. The minimum atomic E-state index is -1.06. The van der Waals surface area contributed by atoms with Gasteiger partial charge in [-0.1, -0.05) is 6.92 Å². The van der Waals surface area contributed by atoms with Gasteiger partial charge in [0, 0.05) is 32.3 Å². The van der Waals surface area contributed by atoms with Crippen molar-refractivity contribution in [3.8, 4) is 0 Å². The van der Waals surface area contributed by atoms with Crippen molar-refractivity contribution in [3.05, 3.63) is 18.0 Å². The number of hydrogen-bond acceptors (Lipinski definition) is 4.